The number of aromatic nitrogens is 1. The molecule has 0 bridgehead atoms. The van der Waals surface area contributed by atoms with E-state index in [1.165, 1.54) is 0 Å². The summed E-state index contributed by atoms with van der Waals surface area (Å²) in [6.07, 6.45) is 1.57. The molecule has 0 saturated carbocycles. The van der Waals surface area contributed by atoms with Gasteiger partial charge in [-0.3, -0.25) is 4.55 Å². The average Bonchev–Trinajstić information content (AvgIpc) is 2.72. The number of benzene rings is 2. The molecule has 0 atom stereocenters. The Morgan fingerprint density at radius 2 is 1.74 bits per heavy atom. The van der Waals surface area contributed by atoms with Crippen LogP contribution in [0.4, 0.5) is 0 Å². The van der Waals surface area contributed by atoms with Crippen molar-refractivity contribution in [3.8, 4) is 0 Å². The smallest absolute Gasteiger partial charge is 0.269 e. The monoisotopic (exact) mass is 273 g/mol. The molecule has 0 aliphatic rings. The predicted octanol–water partition coefficient (Wildman–Crippen LogP) is 3.09. The van der Waals surface area contributed by atoms with Crippen LogP contribution in [0.25, 0.3) is 27.9 Å². The fraction of sp³-hybridized carbons (Fsp3) is 0. The highest BCUT2D eigenvalue weighted by atomic mass is 32.2. The van der Waals surface area contributed by atoms with Crippen molar-refractivity contribution >= 4 is 38.2 Å². The fourth-order valence-electron chi connectivity index (χ4n) is 2.41. The zero-order chi connectivity index (χ0) is 13.6. The maximum absolute atomic E-state index is 11.7. The van der Waals surface area contributed by atoms with Crippen molar-refractivity contribution in [2.24, 2.45) is 0 Å². The van der Waals surface area contributed by atoms with Crippen molar-refractivity contribution in [2.45, 2.75) is 0 Å². The molecule has 3 rings (SSSR count). The van der Waals surface area contributed by atoms with E-state index in [0.717, 1.165) is 14.7 Å². The maximum Gasteiger partial charge on any atom is 0.364 e. The molecule has 0 fully saturated rings. The highest BCUT2D eigenvalue weighted by Gasteiger charge is 2.19. The van der Waals surface area contributed by atoms with E-state index >= 15 is 0 Å². The van der Waals surface area contributed by atoms with Gasteiger partial charge in [-0.05, 0) is 11.6 Å². The summed E-state index contributed by atoms with van der Waals surface area (Å²) in [5.74, 6) is 0. The third kappa shape index (κ3) is 1.67. The predicted molar refractivity (Wildman–Crippen MR) is 76.5 cm³/mol. The third-order valence-corrected chi connectivity index (χ3v) is 3.97. The van der Waals surface area contributed by atoms with Crippen molar-refractivity contribution in [3.05, 3.63) is 54.6 Å². The molecule has 0 saturated heterocycles. The molecule has 5 heteroatoms. The van der Waals surface area contributed by atoms with Gasteiger partial charge in [-0.15, -0.1) is 0 Å². The number of hydrogen-bond acceptors (Lipinski definition) is 2. The number of rotatable bonds is 2. The number of nitrogens with zero attached hydrogens (tertiary/aromatic N) is 1. The second kappa shape index (κ2) is 3.94. The van der Waals surface area contributed by atoms with Gasteiger partial charge in [0.2, 0.25) is 0 Å². The number of para-hydroxylation sites is 2. The molecule has 0 unspecified atom stereocenters. The first-order valence-corrected chi connectivity index (χ1v) is 7.06. The molecule has 0 spiro atoms. The molecule has 1 aromatic heterocycles. The summed E-state index contributed by atoms with van der Waals surface area (Å²) >= 11 is 0. The van der Waals surface area contributed by atoms with Crippen molar-refractivity contribution in [2.75, 3.05) is 0 Å². The Morgan fingerprint density at radius 1 is 1.05 bits per heavy atom. The zero-order valence-corrected chi connectivity index (χ0v) is 10.8. The van der Waals surface area contributed by atoms with Crippen molar-refractivity contribution in [1.29, 1.82) is 0 Å². The Bertz CT molecular complexity index is 907. The molecular weight excluding hydrogens is 262 g/mol. The van der Waals surface area contributed by atoms with Gasteiger partial charge in [-0.2, -0.15) is 8.42 Å². The molecule has 1 heterocycles. The van der Waals surface area contributed by atoms with Crippen LogP contribution in [0.1, 0.15) is 5.56 Å². The molecule has 0 amide bonds. The molecule has 0 aliphatic carbocycles. The lowest BCUT2D eigenvalue weighted by atomic mass is 10.1. The molecule has 1 N–H and O–H groups in total. The largest absolute Gasteiger partial charge is 0.364 e. The van der Waals surface area contributed by atoms with E-state index in [0.29, 0.717) is 16.6 Å². The van der Waals surface area contributed by atoms with Crippen molar-refractivity contribution in [1.82, 2.24) is 3.97 Å². The van der Waals surface area contributed by atoms with E-state index in [2.05, 4.69) is 6.58 Å². The molecular formula is C14H11NO3S. The van der Waals surface area contributed by atoms with E-state index in [9.17, 15) is 13.0 Å². The third-order valence-electron chi connectivity index (χ3n) is 3.13. The lowest BCUT2D eigenvalue weighted by molar-refractivity contribution is 0.476. The van der Waals surface area contributed by atoms with Gasteiger partial charge >= 0.3 is 10.3 Å². The van der Waals surface area contributed by atoms with Gasteiger partial charge in [0.1, 0.15) is 0 Å². The van der Waals surface area contributed by atoms with Gasteiger partial charge < -0.3 is 0 Å². The van der Waals surface area contributed by atoms with E-state index in [1.54, 1.807) is 24.3 Å². The molecule has 0 radical (unpaired) electrons. The molecule has 19 heavy (non-hydrogen) atoms. The number of hydrogen-bond donors (Lipinski definition) is 1. The zero-order valence-electron chi connectivity index (χ0n) is 9.95. The quantitative estimate of drug-likeness (QED) is 0.730. The van der Waals surface area contributed by atoms with Gasteiger partial charge in [0.25, 0.3) is 0 Å². The van der Waals surface area contributed by atoms with E-state index in [-0.39, 0.29) is 0 Å². The normalized spacial score (nSPS) is 12.1. The van der Waals surface area contributed by atoms with Gasteiger partial charge in [0.05, 0.1) is 11.0 Å². The van der Waals surface area contributed by atoms with Gasteiger partial charge in [-0.25, -0.2) is 3.97 Å². The minimum absolute atomic E-state index is 0.446. The van der Waals surface area contributed by atoms with Crippen LogP contribution in [-0.2, 0) is 10.3 Å². The fourth-order valence-corrected chi connectivity index (χ4v) is 3.25. The maximum atomic E-state index is 11.7. The minimum Gasteiger partial charge on any atom is -0.269 e. The Morgan fingerprint density at radius 3 is 2.42 bits per heavy atom. The highest BCUT2D eigenvalue weighted by molar-refractivity contribution is 7.84. The number of fused-ring (bicyclic) bond motifs is 3. The second-order valence-corrected chi connectivity index (χ2v) is 5.47. The first-order chi connectivity index (χ1) is 9.04. The summed E-state index contributed by atoms with van der Waals surface area (Å²) < 4.78 is 33.8. The summed E-state index contributed by atoms with van der Waals surface area (Å²) in [6.45, 7) is 3.68. The second-order valence-electron chi connectivity index (χ2n) is 4.21. The van der Waals surface area contributed by atoms with Crippen LogP contribution in [-0.4, -0.2) is 16.9 Å². The Labute approximate surface area is 110 Å². The van der Waals surface area contributed by atoms with Gasteiger partial charge in [0, 0.05) is 10.8 Å². The molecule has 3 aromatic rings. The van der Waals surface area contributed by atoms with Crippen LogP contribution < -0.4 is 0 Å². The Balaban J connectivity index is 2.73. The summed E-state index contributed by atoms with van der Waals surface area (Å²) in [5.41, 5.74) is 1.56. The van der Waals surface area contributed by atoms with Crippen LogP contribution in [0.2, 0.25) is 0 Å². The SMILES string of the molecule is C=Cc1cccc2c3ccccc3n(S(=O)(=O)O)c12. The first-order valence-electron chi connectivity index (χ1n) is 5.66. The topological polar surface area (TPSA) is 59.3 Å². The van der Waals surface area contributed by atoms with Crippen LogP contribution in [0.15, 0.2) is 49.0 Å². The van der Waals surface area contributed by atoms with Crippen LogP contribution in [0.5, 0.6) is 0 Å². The molecule has 96 valence electrons. The molecule has 0 aliphatic heterocycles. The van der Waals surface area contributed by atoms with Crippen LogP contribution in [0, 0.1) is 0 Å². The first kappa shape index (κ1) is 12.0. The summed E-state index contributed by atoms with van der Waals surface area (Å²) in [4.78, 5) is 0. The lowest BCUT2D eigenvalue weighted by Gasteiger charge is -2.04. The molecule has 2 aromatic carbocycles. The summed E-state index contributed by atoms with van der Waals surface area (Å²) in [5, 5.41) is 1.55. The highest BCUT2D eigenvalue weighted by Crippen LogP contribution is 2.32. The standard InChI is InChI=1S/C14H11NO3S/c1-2-10-6-5-8-12-11-7-3-4-9-13(11)15(14(10)12)19(16,17)18/h2-9H,1H2,(H,16,17,18). The van der Waals surface area contributed by atoms with E-state index in [1.807, 2.05) is 24.3 Å². The minimum atomic E-state index is -4.38. The van der Waals surface area contributed by atoms with Crippen molar-refractivity contribution in [3.63, 3.8) is 0 Å². The van der Waals surface area contributed by atoms with E-state index in [4.69, 9.17) is 0 Å². The Hall–Kier alpha value is -2.11. The van der Waals surface area contributed by atoms with Crippen LogP contribution in [0.3, 0.4) is 0 Å². The summed E-state index contributed by atoms with van der Waals surface area (Å²) in [6, 6.07) is 12.5. The summed E-state index contributed by atoms with van der Waals surface area (Å²) in [7, 11) is -4.38. The van der Waals surface area contributed by atoms with E-state index < -0.39 is 10.3 Å². The lowest BCUT2D eigenvalue weighted by Crippen LogP contribution is -2.10. The Kier molecular flexibility index (Phi) is 2.48. The average molecular weight is 273 g/mol. The van der Waals surface area contributed by atoms with Gasteiger partial charge in [0.15, 0.2) is 0 Å². The van der Waals surface area contributed by atoms with Crippen molar-refractivity contribution < 1.29 is 13.0 Å². The van der Waals surface area contributed by atoms with Gasteiger partial charge in [-0.1, -0.05) is 49.1 Å². The molecule has 4 nitrogen and oxygen atoms in total. The van der Waals surface area contributed by atoms with Crippen LogP contribution >= 0.6 is 0 Å².